The van der Waals surface area contributed by atoms with Crippen LogP contribution in [0.3, 0.4) is 0 Å². The lowest BCUT2D eigenvalue weighted by atomic mass is 10.0. The molecule has 1 fully saturated rings. The summed E-state index contributed by atoms with van der Waals surface area (Å²) in [5.74, 6) is -2.57. The Balaban J connectivity index is 1.28. The van der Waals surface area contributed by atoms with Crippen LogP contribution in [0.1, 0.15) is 31.8 Å². The van der Waals surface area contributed by atoms with Gasteiger partial charge in [-0.15, -0.1) is 0 Å². The van der Waals surface area contributed by atoms with Gasteiger partial charge in [0.2, 0.25) is 0 Å². The number of hydrogen-bond acceptors (Lipinski definition) is 3. The van der Waals surface area contributed by atoms with E-state index in [1.54, 1.807) is 4.90 Å². The van der Waals surface area contributed by atoms with Crippen molar-refractivity contribution >= 4 is 29.3 Å². The molecule has 2 aliphatic rings. The first-order chi connectivity index (χ1) is 16.9. The van der Waals surface area contributed by atoms with E-state index in [0.29, 0.717) is 18.7 Å². The van der Waals surface area contributed by atoms with E-state index in [2.05, 4.69) is 29.2 Å². The van der Waals surface area contributed by atoms with Gasteiger partial charge in [0.15, 0.2) is 0 Å². The first-order valence-corrected chi connectivity index (χ1v) is 11.6. The Labute approximate surface area is 202 Å². The largest absolute Gasteiger partial charge is 0.337 e. The molecule has 7 heteroatoms. The first kappa shape index (κ1) is 22.8. The molecular weight excluding hydrogens is 448 g/mol. The van der Waals surface area contributed by atoms with Crippen molar-refractivity contribution in [1.82, 2.24) is 9.80 Å². The predicted octanol–water partition coefficient (Wildman–Crippen LogP) is 5.04. The number of benzene rings is 3. The van der Waals surface area contributed by atoms with Gasteiger partial charge in [0, 0.05) is 49.7 Å². The predicted molar refractivity (Wildman–Crippen MR) is 132 cm³/mol. The molecule has 0 unspecified atom stereocenters. The van der Waals surface area contributed by atoms with Crippen molar-refractivity contribution < 1.29 is 18.4 Å². The molecule has 0 saturated carbocycles. The topological polar surface area (TPSA) is 43.9 Å². The van der Waals surface area contributed by atoms with Crippen molar-refractivity contribution in [1.29, 1.82) is 0 Å². The lowest BCUT2D eigenvalue weighted by Gasteiger charge is -2.35. The smallest absolute Gasteiger partial charge is 0.259 e. The van der Waals surface area contributed by atoms with Crippen LogP contribution in [-0.2, 0) is 0 Å². The van der Waals surface area contributed by atoms with Crippen LogP contribution in [0.4, 0.5) is 20.2 Å². The molecule has 178 valence electrons. The molecule has 3 aromatic rings. The average Bonchev–Trinajstić information content (AvgIpc) is 2.88. The van der Waals surface area contributed by atoms with Crippen LogP contribution in [0.5, 0.6) is 0 Å². The lowest BCUT2D eigenvalue weighted by molar-refractivity contribution is 0.0530. The van der Waals surface area contributed by atoms with Gasteiger partial charge in [-0.25, -0.2) is 8.78 Å². The minimum atomic E-state index is -0.879. The molecule has 0 bridgehead atoms. The number of rotatable bonds is 3. The lowest BCUT2D eigenvalue weighted by Crippen LogP contribution is -2.50. The average molecular weight is 474 g/mol. The molecule has 1 saturated heterocycles. The Kier molecular flexibility index (Phi) is 6.07. The number of halogens is 2. The highest BCUT2D eigenvalue weighted by Crippen LogP contribution is 2.34. The van der Waals surface area contributed by atoms with Gasteiger partial charge in [-0.05, 0) is 54.4 Å². The van der Waals surface area contributed by atoms with Gasteiger partial charge in [0.05, 0.1) is 0 Å². The molecule has 0 aliphatic carbocycles. The molecule has 0 spiro atoms. The van der Waals surface area contributed by atoms with E-state index < -0.39 is 23.1 Å². The van der Waals surface area contributed by atoms with Crippen LogP contribution in [-0.4, -0.2) is 54.3 Å². The zero-order valence-electron chi connectivity index (χ0n) is 19.4. The summed E-state index contributed by atoms with van der Waals surface area (Å²) in [5, 5.41) is 0. The van der Waals surface area contributed by atoms with Crippen LogP contribution in [0, 0.1) is 18.6 Å². The van der Waals surface area contributed by atoms with E-state index in [1.165, 1.54) is 11.0 Å². The number of piperazine rings is 1. The Bertz CT molecular complexity index is 1310. The number of fused-ring (bicyclic) bond motifs is 1. The van der Waals surface area contributed by atoms with Crippen molar-refractivity contribution in [2.45, 2.75) is 6.92 Å². The second-order valence-corrected chi connectivity index (χ2v) is 8.75. The van der Waals surface area contributed by atoms with Gasteiger partial charge >= 0.3 is 0 Å². The highest BCUT2D eigenvalue weighted by Gasteiger charge is 2.29. The fourth-order valence-corrected chi connectivity index (χ4v) is 4.73. The molecular formula is C28H25F2N3O2. The van der Waals surface area contributed by atoms with E-state index in [9.17, 15) is 18.4 Å². The molecule has 3 aromatic carbocycles. The van der Waals surface area contributed by atoms with Crippen molar-refractivity contribution in [3.05, 3.63) is 101 Å². The Morgan fingerprint density at radius 2 is 1.43 bits per heavy atom. The first-order valence-electron chi connectivity index (χ1n) is 11.6. The van der Waals surface area contributed by atoms with E-state index in [4.69, 9.17) is 0 Å². The van der Waals surface area contributed by atoms with Crippen LogP contribution < -0.4 is 4.90 Å². The third kappa shape index (κ3) is 4.30. The highest BCUT2D eigenvalue weighted by molar-refractivity contribution is 5.97. The summed E-state index contributed by atoms with van der Waals surface area (Å²) in [4.78, 5) is 31.1. The summed E-state index contributed by atoms with van der Waals surface area (Å²) in [6.07, 6.45) is 4.23. The number of carbonyl (C=O) groups is 2. The highest BCUT2D eigenvalue weighted by atomic mass is 19.1. The van der Waals surface area contributed by atoms with Gasteiger partial charge < -0.3 is 14.7 Å². The zero-order valence-corrected chi connectivity index (χ0v) is 19.4. The Hall–Kier alpha value is -4.00. The summed E-state index contributed by atoms with van der Waals surface area (Å²) < 4.78 is 28.0. The minimum absolute atomic E-state index is 0.122. The fourth-order valence-electron chi connectivity index (χ4n) is 4.73. The maximum Gasteiger partial charge on any atom is 0.259 e. The zero-order chi connectivity index (χ0) is 24.5. The third-order valence-electron chi connectivity index (χ3n) is 6.58. The van der Waals surface area contributed by atoms with Gasteiger partial charge in [-0.1, -0.05) is 36.4 Å². The summed E-state index contributed by atoms with van der Waals surface area (Å²) in [7, 11) is 0. The van der Waals surface area contributed by atoms with Gasteiger partial charge in [0.25, 0.3) is 11.8 Å². The maximum atomic E-state index is 14.0. The van der Waals surface area contributed by atoms with Crippen LogP contribution >= 0.6 is 0 Å². The normalized spacial score (nSPS) is 15.2. The SMILES string of the molecule is Cc1cc(C(=O)N2CCN(C(=O)c3c(F)cccc3F)CC2)ccc1N1CC=Cc2ccccc21. The van der Waals surface area contributed by atoms with E-state index in [0.717, 1.165) is 41.2 Å². The molecule has 5 rings (SSSR count). The second-order valence-electron chi connectivity index (χ2n) is 8.75. The van der Waals surface area contributed by atoms with Gasteiger partial charge in [-0.2, -0.15) is 0 Å². The van der Waals surface area contributed by atoms with Crippen LogP contribution in [0.2, 0.25) is 0 Å². The molecule has 0 atom stereocenters. The quantitative estimate of drug-likeness (QED) is 0.536. The van der Waals surface area contributed by atoms with E-state index >= 15 is 0 Å². The molecule has 35 heavy (non-hydrogen) atoms. The summed E-state index contributed by atoms with van der Waals surface area (Å²) in [5.41, 5.74) is 4.34. The minimum Gasteiger partial charge on any atom is -0.337 e. The number of para-hydroxylation sites is 1. The van der Waals surface area contributed by atoms with Gasteiger partial charge in [-0.3, -0.25) is 9.59 Å². The van der Waals surface area contributed by atoms with Crippen molar-refractivity contribution in [2.24, 2.45) is 0 Å². The molecule has 0 N–H and O–H groups in total. The fraction of sp³-hybridized carbons (Fsp3) is 0.214. The second kappa shape index (κ2) is 9.33. The van der Waals surface area contributed by atoms with Gasteiger partial charge in [0.1, 0.15) is 17.2 Å². The number of nitrogens with zero attached hydrogens (tertiary/aromatic N) is 3. The summed E-state index contributed by atoms with van der Waals surface area (Å²) in [6.45, 7) is 3.77. The molecule has 2 amide bonds. The van der Waals surface area contributed by atoms with Crippen molar-refractivity contribution in [3.8, 4) is 0 Å². The Morgan fingerprint density at radius 1 is 0.771 bits per heavy atom. The summed E-state index contributed by atoms with van der Waals surface area (Å²) >= 11 is 0. The third-order valence-corrected chi connectivity index (χ3v) is 6.58. The molecule has 2 aliphatic heterocycles. The number of carbonyl (C=O) groups excluding carboxylic acids is 2. The van der Waals surface area contributed by atoms with Crippen LogP contribution in [0.15, 0.2) is 66.7 Å². The van der Waals surface area contributed by atoms with E-state index in [-0.39, 0.29) is 19.0 Å². The number of hydrogen-bond donors (Lipinski definition) is 0. The van der Waals surface area contributed by atoms with E-state index in [1.807, 2.05) is 37.3 Å². The molecule has 0 aromatic heterocycles. The number of amides is 2. The van der Waals surface area contributed by atoms with Crippen molar-refractivity contribution in [2.75, 3.05) is 37.6 Å². The molecule has 2 heterocycles. The van der Waals surface area contributed by atoms with Crippen molar-refractivity contribution in [3.63, 3.8) is 0 Å². The summed E-state index contributed by atoms with van der Waals surface area (Å²) in [6, 6.07) is 17.3. The van der Waals surface area contributed by atoms with Crippen LogP contribution in [0.25, 0.3) is 6.08 Å². The number of aryl methyl sites for hydroxylation is 1. The molecule has 0 radical (unpaired) electrons. The number of anilines is 2. The monoisotopic (exact) mass is 473 g/mol. The standard InChI is InChI=1S/C28H25F2N3O2/c1-19-18-21(11-12-24(19)33-13-5-7-20-6-2-3-10-25(20)33)27(34)31-14-16-32(17-15-31)28(35)26-22(29)8-4-9-23(26)30/h2-12,18H,13-17H2,1H3. The Morgan fingerprint density at radius 3 is 2.11 bits per heavy atom. The maximum absolute atomic E-state index is 14.0. The molecule has 5 nitrogen and oxygen atoms in total.